The molecule has 15 heteroatoms. The number of unbranched alkanes of at least 4 members (excludes halogenated alkanes) is 39. The van der Waals surface area contributed by atoms with Crippen LogP contribution in [-0.4, -0.2) is 132 Å². The smallest absolute Gasteiger partial charge is 0.0945 e. The third-order valence-corrected chi connectivity index (χ3v) is 32.4. The highest BCUT2D eigenvalue weighted by Gasteiger charge is 2.35. The van der Waals surface area contributed by atoms with E-state index in [1.165, 1.54) is 302 Å². The lowest BCUT2D eigenvalue weighted by atomic mass is 10.0. The van der Waals surface area contributed by atoms with Crippen molar-refractivity contribution in [2.24, 2.45) is 0 Å². The van der Waals surface area contributed by atoms with Gasteiger partial charge in [-0.15, -0.1) is 0 Å². The van der Waals surface area contributed by atoms with Gasteiger partial charge < -0.3 is 13.7 Å². The Balaban J connectivity index is -0.000000267. The van der Waals surface area contributed by atoms with Crippen LogP contribution in [0.1, 0.15) is 411 Å². The van der Waals surface area contributed by atoms with Crippen LogP contribution in [0.2, 0.25) is 0 Å². The summed E-state index contributed by atoms with van der Waals surface area (Å²) in [5.74, 6) is -0.729. The van der Waals surface area contributed by atoms with E-state index in [-0.39, 0.29) is 17.3 Å². The van der Waals surface area contributed by atoms with Crippen molar-refractivity contribution < 1.29 is 38.9 Å². The first-order valence-electron chi connectivity index (χ1n) is 40.5. The summed E-state index contributed by atoms with van der Waals surface area (Å²) in [5.41, 5.74) is 0. The third kappa shape index (κ3) is 99.5. The van der Waals surface area contributed by atoms with Crippen LogP contribution in [0.5, 0.6) is 0 Å². The Kier molecular flexibility index (Phi) is 88.9. The normalized spacial score (nSPS) is 11.9. The van der Waals surface area contributed by atoms with Gasteiger partial charge in [-0.1, -0.05) is 314 Å². The van der Waals surface area contributed by atoms with Gasteiger partial charge in [0.25, 0.3) is 0 Å². The Bertz CT molecular complexity index is 1620. The monoisotopic (exact) mass is 1440 g/mol. The minimum Gasteiger partial charge on any atom is -0.748 e. The molecule has 0 atom stereocenters. The summed E-state index contributed by atoms with van der Waals surface area (Å²) in [4.78, 5) is 0. The van der Waals surface area contributed by atoms with Gasteiger partial charge in [0.1, 0.15) is 0 Å². The first-order valence-corrected chi connectivity index (χ1v) is 53.6. The Morgan fingerprint density at radius 2 is 0.312 bits per heavy atom. The molecule has 0 fully saturated rings. The molecule has 0 bridgehead atoms. The second-order valence-electron chi connectivity index (χ2n) is 29.1. The molecule has 0 aromatic heterocycles. The standard InChI is InChI=1S/C28H60P.C24H52P.C17H38P.3C3H8O3S/c1-5-9-13-14-15-16-17-18-19-20-21-22-23-24-28-29(25-10-6-2,26-11-7-3)27-12-8-4;1-5-9-13-14-15-16-17-18-19-20-24-25(21-10-6-2,22-11-7-3)23-12-8-4;1-5-6-7-8-9-10-11-12-13-14-15-16-17-18(2,3)4;3*1-2-3-7(4,5)6/h5-28H2,1-4H3;5-24H2,1-4H3;5-17H2,1-4H3;3*2-3H2,1H3,(H,4,5,6)/q3*+1;;;/p-3. The molecule has 0 rings (SSSR count). The van der Waals surface area contributed by atoms with Crippen molar-refractivity contribution in [3.8, 4) is 0 Å². The maximum Gasteiger partial charge on any atom is 0.0945 e. The molecule has 0 radical (unpaired) electrons. The van der Waals surface area contributed by atoms with E-state index in [4.69, 9.17) is 0 Å². The fraction of sp³-hybridized carbons (Fsp3) is 1.00. The number of hydrogen-bond acceptors (Lipinski definition) is 9. The van der Waals surface area contributed by atoms with E-state index in [1.807, 2.05) is 0 Å². The molecule has 0 spiro atoms. The van der Waals surface area contributed by atoms with Gasteiger partial charge in [-0.05, 0) is 96.3 Å². The molecule has 0 aliphatic heterocycles. The van der Waals surface area contributed by atoms with Crippen LogP contribution in [0, 0.1) is 0 Å². The summed E-state index contributed by atoms with van der Waals surface area (Å²) in [6.07, 6.45) is 86.3. The van der Waals surface area contributed by atoms with E-state index in [9.17, 15) is 38.9 Å². The van der Waals surface area contributed by atoms with Crippen molar-refractivity contribution in [1.29, 1.82) is 0 Å². The highest BCUT2D eigenvalue weighted by atomic mass is 32.2. The van der Waals surface area contributed by atoms with Gasteiger partial charge in [-0.2, -0.15) is 0 Å². The Morgan fingerprint density at radius 3 is 0.430 bits per heavy atom. The van der Waals surface area contributed by atoms with Crippen molar-refractivity contribution in [2.75, 3.05) is 92.7 Å². The van der Waals surface area contributed by atoms with Crippen LogP contribution in [-0.2, 0) is 30.4 Å². The fourth-order valence-electron chi connectivity index (χ4n) is 12.1. The van der Waals surface area contributed by atoms with E-state index in [0.29, 0.717) is 19.3 Å². The lowest BCUT2D eigenvalue weighted by Crippen LogP contribution is -2.13. The highest BCUT2D eigenvalue weighted by molar-refractivity contribution is 7.86. The molecular formula is C78H171O9P3S3. The topological polar surface area (TPSA) is 172 Å². The van der Waals surface area contributed by atoms with Crippen LogP contribution in [0.15, 0.2) is 0 Å². The lowest BCUT2D eigenvalue weighted by molar-refractivity contribution is 0.460. The predicted octanol–water partition coefficient (Wildman–Crippen LogP) is 26.6. The summed E-state index contributed by atoms with van der Waals surface area (Å²) in [7, 11) is -13.5. The average Bonchev–Trinajstić information content (AvgIpc) is 1.39. The summed E-state index contributed by atoms with van der Waals surface area (Å²) in [6.45, 7) is 33.6. The number of rotatable bonds is 63. The first kappa shape index (κ1) is 105. The Labute approximate surface area is 590 Å². The summed E-state index contributed by atoms with van der Waals surface area (Å²) >= 11 is 0. The maximum absolute atomic E-state index is 9.68. The van der Waals surface area contributed by atoms with Crippen molar-refractivity contribution in [2.45, 2.75) is 411 Å². The summed E-state index contributed by atoms with van der Waals surface area (Å²) < 4.78 is 87.1. The molecule has 93 heavy (non-hydrogen) atoms. The van der Waals surface area contributed by atoms with Crippen LogP contribution in [0.4, 0.5) is 0 Å². The molecule has 0 aliphatic carbocycles. The van der Waals surface area contributed by atoms with Crippen LogP contribution < -0.4 is 0 Å². The van der Waals surface area contributed by atoms with Gasteiger partial charge in [0.05, 0.1) is 85.8 Å². The third-order valence-electron chi connectivity index (χ3n) is 17.9. The van der Waals surface area contributed by atoms with Crippen LogP contribution in [0.25, 0.3) is 0 Å². The largest absolute Gasteiger partial charge is 0.748 e. The van der Waals surface area contributed by atoms with Crippen LogP contribution in [0.3, 0.4) is 0 Å². The Hall–Kier alpha value is 1.02. The van der Waals surface area contributed by atoms with Gasteiger partial charge in [-0.25, -0.2) is 25.3 Å². The molecule has 9 nitrogen and oxygen atoms in total. The van der Waals surface area contributed by atoms with Crippen LogP contribution >= 0.6 is 21.8 Å². The SMILES string of the molecule is CCCCCCCCCCCCCCCC[P+](CCCC)(CCCC)CCCC.CCCCCCCCCCCCCC[P+](C)(C)C.CCCCCCCCCCCC[P+](CCCC)(CCCC)CCCC.CCCS(=O)(=O)[O-].CCCS(=O)(=O)[O-].CCCS(=O)(=O)[O-]. The minimum atomic E-state index is -3.92. The van der Waals surface area contributed by atoms with Gasteiger partial charge in [0.2, 0.25) is 0 Å². The van der Waals surface area contributed by atoms with Gasteiger partial charge in [0, 0.05) is 59.0 Å². The second-order valence-corrected chi connectivity index (χ2v) is 47.6. The zero-order chi connectivity index (χ0) is 71.5. The molecule has 0 saturated heterocycles. The molecule has 0 N–H and O–H groups in total. The molecule has 0 aromatic carbocycles. The highest BCUT2D eigenvalue weighted by Crippen LogP contribution is 2.62. The molecule has 0 aliphatic rings. The first-order chi connectivity index (χ1) is 44.2. The molecule has 0 unspecified atom stereocenters. The van der Waals surface area contributed by atoms with E-state index < -0.39 is 52.1 Å². The lowest BCUT2D eigenvalue weighted by Gasteiger charge is -2.28. The molecular weight excluding hydrogens is 1270 g/mol. The van der Waals surface area contributed by atoms with Crippen molar-refractivity contribution in [1.82, 2.24) is 0 Å². The molecule has 570 valence electrons. The summed E-state index contributed by atoms with van der Waals surface area (Å²) in [5, 5.41) is 0. The quantitative estimate of drug-likeness (QED) is 0.0326. The fourth-order valence-corrected chi connectivity index (χ4v) is 25.1. The van der Waals surface area contributed by atoms with E-state index >= 15 is 0 Å². The molecule has 0 heterocycles. The molecule has 0 amide bonds. The maximum atomic E-state index is 9.68. The van der Waals surface area contributed by atoms with Crippen molar-refractivity contribution in [3.63, 3.8) is 0 Å². The average molecular weight is 1440 g/mol. The van der Waals surface area contributed by atoms with E-state index in [2.05, 4.69) is 82.3 Å². The van der Waals surface area contributed by atoms with Crippen molar-refractivity contribution >= 4 is 52.1 Å². The zero-order valence-corrected chi connectivity index (χ0v) is 70.9. The Morgan fingerprint density at radius 1 is 0.183 bits per heavy atom. The second kappa shape index (κ2) is 78.7. The van der Waals surface area contributed by atoms with E-state index in [0.717, 1.165) is 0 Å². The molecule has 0 aromatic rings. The van der Waals surface area contributed by atoms with Crippen molar-refractivity contribution in [3.05, 3.63) is 0 Å². The molecule has 0 saturated carbocycles. The zero-order valence-electron chi connectivity index (χ0n) is 65.8. The van der Waals surface area contributed by atoms with Gasteiger partial charge in [0.15, 0.2) is 0 Å². The van der Waals surface area contributed by atoms with Gasteiger partial charge in [-0.3, -0.25) is 0 Å². The van der Waals surface area contributed by atoms with E-state index in [1.54, 1.807) is 82.9 Å². The number of hydrogen-bond donors (Lipinski definition) is 0. The predicted molar refractivity (Wildman–Crippen MR) is 430 cm³/mol. The summed E-state index contributed by atoms with van der Waals surface area (Å²) in [6, 6.07) is 0. The minimum absolute atomic E-state index is 0.243. The van der Waals surface area contributed by atoms with Gasteiger partial charge >= 0.3 is 0 Å².